The van der Waals surface area contributed by atoms with Gasteiger partial charge in [0.25, 0.3) is 12.9 Å². The molecular weight excluding hydrogens is 604 g/mol. The Balaban J connectivity index is 1.10. The average molecular weight is 641 g/mol. The van der Waals surface area contributed by atoms with Crippen molar-refractivity contribution in [2.45, 2.75) is 50.0 Å². The monoisotopic (exact) mass is 640 g/mol. The van der Waals surface area contributed by atoms with Gasteiger partial charge in [-0.3, -0.25) is 19.2 Å². The van der Waals surface area contributed by atoms with Gasteiger partial charge in [0, 0.05) is 70.6 Å². The highest BCUT2D eigenvalue weighted by Crippen LogP contribution is 2.70. The molecule has 0 aromatic rings. The van der Waals surface area contributed by atoms with Crippen LogP contribution >= 0.6 is 0 Å². The number of allylic oxidation sites excluding steroid dienone is 6. The molecule has 4 saturated heterocycles. The van der Waals surface area contributed by atoms with E-state index in [1.807, 2.05) is 0 Å². The molecule has 4 bridgehead atoms. The third kappa shape index (κ3) is 3.25. The van der Waals surface area contributed by atoms with Crippen LogP contribution in [-0.4, -0.2) is 85.8 Å². The molecule has 4 unspecified atom stereocenters. The van der Waals surface area contributed by atoms with Gasteiger partial charge in [-0.1, -0.05) is 12.2 Å². The number of rotatable bonds is 6. The van der Waals surface area contributed by atoms with E-state index in [2.05, 4.69) is 36.0 Å². The van der Waals surface area contributed by atoms with E-state index in [0.29, 0.717) is 36.0 Å². The van der Waals surface area contributed by atoms with Gasteiger partial charge in [0.2, 0.25) is 0 Å². The van der Waals surface area contributed by atoms with E-state index in [4.69, 9.17) is 23.7 Å². The summed E-state index contributed by atoms with van der Waals surface area (Å²) in [4.78, 5) is 55.1. The van der Waals surface area contributed by atoms with E-state index in [-0.39, 0.29) is 70.7 Å². The van der Waals surface area contributed by atoms with Crippen molar-refractivity contribution >= 4 is 24.5 Å². The van der Waals surface area contributed by atoms with Crippen LogP contribution in [-0.2, 0) is 42.9 Å². The summed E-state index contributed by atoms with van der Waals surface area (Å²) in [5.74, 6) is 2.39. The van der Waals surface area contributed by atoms with Crippen LogP contribution in [0.3, 0.4) is 0 Å². The Morgan fingerprint density at radius 2 is 1.19 bits per heavy atom. The smallest absolute Gasteiger partial charge is 0.298 e. The van der Waals surface area contributed by atoms with Crippen molar-refractivity contribution in [1.82, 2.24) is 9.80 Å². The molecule has 6 fully saturated rings. The minimum absolute atomic E-state index is 0.0538. The second kappa shape index (κ2) is 9.35. The predicted octanol–water partition coefficient (Wildman–Crippen LogP) is 2.53. The lowest BCUT2D eigenvalue weighted by Crippen LogP contribution is -2.65. The Hall–Kier alpha value is -3.96. The van der Waals surface area contributed by atoms with Crippen LogP contribution in [0, 0.1) is 46.3 Å². The van der Waals surface area contributed by atoms with Crippen molar-refractivity contribution in [3.05, 3.63) is 71.0 Å². The van der Waals surface area contributed by atoms with Crippen molar-refractivity contribution in [2.75, 3.05) is 27.2 Å². The number of carbonyl (C=O) groups is 4. The lowest BCUT2D eigenvalue weighted by atomic mass is 9.47. The van der Waals surface area contributed by atoms with Gasteiger partial charge >= 0.3 is 0 Å². The van der Waals surface area contributed by atoms with Crippen molar-refractivity contribution in [3.63, 3.8) is 0 Å². The Morgan fingerprint density at radius 3 is 1.62 bits per heavy atom. The molecule has 11 nitrogen and oxygen atoms in total. The zero-order valence-electron chi connectivity index (χ0n) is 26.2. The Kier molecular flexibility index (Phi) is 5.59. The standard InChI is InChI=1S/C36H36N2O9/c1-37-9-7-35-19-3-5-23(41)33(35)46-31-27(43-15-39)13-25(17(29(31)35)11-21(19)37)45-26-14-28(44-16-40)32-30-18(26)12-22-20-4-6-24(42)34(47-32)36(20,30)8-10-38(22)2/h3-6,13-22,29-30,33-34H,7-12H2,1-2H3/t17?,18?,19-,20-,21+,22+,29?,30?,33-,34-,35-,36-/m0/s1. The van der Waals surface area contributed by atoms with E-state index in [9.17, 15) is 19.2 Å². The lowest BCUT2D eigenvalue weighted by Gasteiger charge is -2.60. The normalized spacial score (nSPS) is 46.5. The van der Waals surface area contributed by atoms with Gasteiger partial charge in [0.15, 0.2) is 35.3 Å². The summed E-state index contributed by atoms with van der Waals surface area (Å²) in [6.45, 7) is 2.46. The van der Waals surface area contributed by atoms with Crippen molar-refractivity contribution in [1.29, 1.82) is 0 Å². The number of likely N-dealkylation sites (tertiary alicyclic amines) is 2. The molecular formula is C36H36N2O9. The molecule has 4 heterocycles. The van der Waals surface area contributed by atoms with Gasteiger partial charge in [0.05, 0.1) is 0 Å². The maximum absolute atomic E-state index is 13.4. The second-order valence-corrected chi connectivity index (χ2v) is 15.1. The largest absolute Gasteiger partial charge is 0.482 e. The van der Waals surface area contributed by atoms with Crippen LogP contribution in [0.5, 0.6) is 0 Å². The maximum Gasteiger partial charge on any atom is 0.298 e. The van der Waals surface area contributed by atoms with Crippen LogP contribution in [0.25, 0.3) is 0 Å². The summed E-state index contributed by atoms with van der Waals surface area (Å²) >= 11 is 0. The molecule has 10 rings (SSSR count). The molecule has 0 N–H and O–H groups in total. The molecule has 0 aromatic carbocycles. The fourth-order valence-corrected chi connectivity index (χ4v) is 12.1. The molecule has 0 radical (unpaired) electrons. The topological polar surface area (TPSA) is 121 Å². The average Bonchev–Trinajstić information content (AvgIpc) is 3.59. The van der Waals surface area contributed by atoms with E-state index in [1.165, 1.54) is 0 Å². The first kappa shape index (κ1) is 28.1. The zero-order valence-corrected chi connectivity index (χ0v) is 26.2. The molecule has 2 spiro atoms. The van der Waals surface area contributed by atoms with Crippen LogP contribution in [0.4, 0.5) is 0 Å². The number of ether oxygens (including phenoxy) is 5. The SMILES string of the molecule is CN1CC[C@@]23C4C5=C(OC=O)C=C(OC6=CC(OC=O)=C7O[C@H]8C(=O)C=C[C@H]9[C@H]%10CC6C7[C@@]89CCN%10C)C4C[C@@H]1[C@@H]2C=CC(=O)[C@@H]3O5. The lowest BCUT2D eigenvalue weighted by molar-refractivity contribution is -0.143. The van der Waals surface area contributed by atoms with Crippen LogP contribution < -0.4 is 0 Å². The zero-order chi connectivity index (χ0) is 32.0. The van der Waals surface area contributed by atoms with Gasteiger partial charge < -0.3 is 33.5 Å². The van der Waals surface area contributed by atoms with Crippen LogP contribution in [0.2, 0.25) is 0 Å². The van der Waals surface area contributed by atoms with Gasteiger partial charge in [-0.15, -0.1) is 0 Å². The number of hydrogen-bond acceptors (Lipinski definition) is 11. The maximum atomic E-state index is 13.4. The predicted molar refractivity (Wildman–Crippen MR) is 161 cm³/mol. The fourth-order valence-electron chi connectivity index (χ4n) is 12.1. The first-order valence-corrected chi connectivity index (χ1v) is 16.8. The molecule has 11 heteroatoms. The number of hydrogen-bond donors (Lipinski definition) is 0. The molecule has 4 aliphatic heterocycles. The summed E-state index contributed by atoms with van der Waals surface area (Å²) in [5.41, 5.74) is -0.945. The van der Waals surface area contributed by atoms with E-state index in [0.717, 1.165) is 38.8 Å². The van der Waals surface area contributed by atoms with Crippen molar-refractivity contribution in [2.24, 2.45) is 46.3 Å². The molecule has 0 aromatic heterocycles. The first-order chi connectivity index (χ1) is 22.8. The Labute approximate surface area is 271 Å². The third-order valence-electron chi connectivity index (χ3n) is 13.8. The summed E-state index contributed by atoms with van der Waals surface area (Å²) in [6.07, 6.45) is 12.8. The fraction of sp³-hybridized carbons (Fsp3) is 0.556. The van der Waals surface area contributed by atoms with Gasteiger partial charge in [-0.05, 0) is 65.0 Å². The molecule has 244 valence electrons. The summed E-state index contributed by atoms with van der Waals surface area (Å²) in [6, 6.07) is 0.347. The van der Waals surface area contributed by atoms with Crippen molar-refractivity contribution < 1.29 is 42.9 Å². The van der Waals surface area contributed by atoms with Gasteiger partial charge in [-0.2, -0.15) is 0 Å². The molecule has 10 aliphatic rings. The third-order valence-corrected chi connectivity index (χ3v) is 13.8. The second-order valence-electron chi connectivity index (χ2n) is 15.1. The molecule has 6 aliphatic carbocycles. The number of nitrogens with zero attached hydrogens (tertiary/aromatic N) is 2. The van der Waals surface area contributed by atoms with Gasteiger partial charge in [-0.25, -0.2) is 0 Å². The van der Waals surface area contributed by atoms with Crippen LogP contribution in [0.15, 0.2) is 71.0 Å². The highest BCUT2D eigenvalue weighted by molar-refractivity contribution is 5.97. The van der Waals surface area contributed by atoms with Crippen molar-refractivity contribution in [3.8, 4) is 0 Å². The van der Waals surface area contributed by atoms with Gasteiger partial charge in [0.1, 0.15) is 23.0 Å². The number of ketones is 2. The minimum atomic E-state index is -0.643. The van der Waals surface area contributed by atoms with E-state index < -0.39 is 23.0 Å². The highest BCUT2D eigenvalue weighted by Gasteiger charge is 2.73. The quantitative estimate of drug-likeness (QED) is 0.399. The summed E-state index contributed by atoms with van der Waals surface area (Å²) in [5, 5.41) is 0. The number of carbonyl (C=O) groups excluding carboxylic acids is 4. The first-order valence-electron chi connectivity index (χ1n) is 16.8. The van der Waals surface area contributed by atoms with E-state index in [1.54, 1.807) is 24.3 Å². The summed E-state index contributed by atoms with van der Waals surface area (Å²) < 4.78 is 31.2. The summed E-state index contributed by atoms with van der Waals surface area (Å²) in [7, 11) is 4.28. The number of piperidine rings is 2. The molecule has 0 amide bonds. The molecule has 12 atom stereocenters. The Morgan fingerprint density at radius 1 is 0.745 bits per heavy atom. The molecule has 47 heavy (non-hydrogen) atoms. The Bertz CT molecular complexity index is 1610. The minimum Gasteiger partial charge on any atom is -0.482 e. The van der Waals surface area contributed by atoms with Crippen LogP contribution in [0.1, 0.15) is 25.7 Å². The highest BCUT2D eigenvalue weighted by atomic mass is 16.6. The van der Waals surface area contributed by atoms with E-state index >= 15 is 0 Å². The molecule has 2 saturated carbocycles.